The summed E-state index contributed by atoms with van der Waals surface area (Å²) in [6, 6.07) is 11.9. The zero-order valence-electron chi connectivity index (χ0n) is 12.6. The third-order valence-corrected chi connectivity index (χ3v) is 3.24. The highest BCUT2D eigenvalue weighted by Crippen LogP contribution is 2.23. The molecule has 3 nitrogen and oxygen atoms in total. The number of hydrogen-bond donors (Lipinski definition) is 1. The normalized spacial score (nSPS) is 10.1. The van der Waals surface area contributed by atoms with Gasteiger partial charge in [-0.15, -0.1) is 0 Å². The molecule has 21 heavy (non-hydrogen) atoms. The van der Waals surface area contributed by atoms with Gasteiger partial charge in [0.1, 0.15) is 0 Å². The number of nitrogens with one attached hydrogen (secondary N) is 1. The van der Waals surface area contributed by atoms with E-state index in [0.29, 0.717) is 12.5 Å². The van der Waals surface area contributed by atoms with Gasteiger partial charge in [0, 0.05) is 17.8 Å². The number of para-hydroxylation sites is 1. The topological polar surface area (TPSA) is 33.0 Å². The van der Waals surface area contributed by atoms with Crippen LogP contribution in [0.3, 0.4) is 0 Å². The lowest BCUT2D eigenvalue weighted by Gasteiger charge is -2.12. The summed E-state index contributed by atoms with van der Waals surface area (Å²) < 4.78 is 1.88. The van der Waals surface area contributed by atoms with Crippen molar-refractivity contribution in [1.29, 1.82) is 0 Å². The molecule has 0 spiro atoms. The summed E-state index contributed by atoms with van der Waals surface area (Å²) in [5.74, 6) is 0.380. The highest BCUT2D eigenvalue weighted by atomic mass is 127. The van der Waals surface area contributed by atoms with Gasteiger partial charge in [-0.1, -0.05) is 32.0 Å². The molecule has 2 aromatic rings. The van der Waals surface area contributed by atoms with Crippen LogP contribution in [0.4, 0.5) is 5.69 Å². The Morgan fingerprint density at radius 3 is 2.38 bits per heavy atom. The van der Waals surface area contributed by atoms with Gasteiger partial charge in [-0.05, 0) is 30.0 Å². The quantitative estimate of drug-likeness (QED) is 0.575. The number of benzene rings is 1. The molecule has 0 unspecified atom stereocenters. The van der Waals surface area contributed by atoms with Crippen LogP contribution in [0.5, 0.6) is 0 Å². The maximum absolute atomic E-state index is 12.1. The SMILES string of the molecule is Cc1cc[n+](CC(=O)Nc2ccccc2C(C)C)cc1.[I-]. The number of amides is 1. The fourth-order valence-corrected chi connectivity index (χ4v) is 2.11. The Morgan fingerprint density at radius 1 is 1.14 bits per heavy atom. The number of hydrogen-bond acceptors (Lipinski definition) is 1. The molecule has 0 bridgehead atoms. The monoisotopic (exact) mass is 396 g/mol. The van der Waals surface area contributed by atoms with Crippen molar-refractivity contribution in [2.24, 2.45) is 0 Å². The van der Waals surface area contributed by atoms with Gasteiger partial charge in [0.25, 0.3) is 5.91 Å². The molecule has 4 heteroatoms. The van der Waals surface area contributed by atoms with Gasteiger partial charge in [0.05, 0.1) is 0 Å². The van der Waals surface area contributed by atoms with Gasteiger partial charge in [-0.2, -0.15) is 4.57 Å². The Bertz CT molecular complexity index is 594. The molecule has 1 amide bonds. The standard InChI is InChI=1S/C17H20N2O.HI/c1-13(2)15-6-4-5-7-16(15)18-17(20)12-19-10-8-14(3)9-11-19;/h4-11,13H,12H2,1-3H3;1H. The maximum atomic E-state index is 12.1. The van der Waals surface area contributed by atoms with Crippen LogP contribution in [0, 0.1) is 6.92 Å². The lowest BCUT2D eigenvalue weighted by atomic mass is 10.0. The van der Waals surface area contributed by atoms with Crippen LogP contribution in [-0.4, -0.2) is 5.91 Å². The van der Waals surface area contributed by atoms with Crippen LogP contribution in [-0.2, 0) is 11.3 Å². The van der Waals surface area contributed by atoms with Gasteiger partial charge < -0.3 is 29.3 Å². The van der Waals surface area contributed by atoms with Crippen LogP contribution in [0.25, 0.3) is 0 Å². The predicted octanol–water partition coefficient (Wildman–Crippen LogP) is 0.0486. The van der Waals surface area contributed by atoms with Crippen molar-refractivity contribution >= 4 is 11.6 Å². The summed E-state index contributed by atoms with van der Waals surface area (Å²) in [6.45, 7) is 6.61. The molecule has 0 aliphatic carbocycles. The predicted molar refractivity (Wildman–Crippen MR) is 80.5 cm³/mol. The minimum Gasteiger partial charge on any atom is -1.00 e. The molecule has 1 heterocycles. The summed E-state index contributed by atoms with van der Waals surface area (Å²) in [5, 5.41) is 3.00. The van der Waals surface area contributed by atoms with Crippen LogP contribution in [0.2, 0.25) is 0 Å². The molecular formula is C17H21IN2O. The summed E-state index contributed by atoms with van der Waals surface area (Å²) >= 11 is 0. The largest absolute Gasteiger partial charge is 1.00 e. The Balaban J connectivity index is 0.00000220. The molecule has 0 aliphatic rings. The number of carbonyl (C=O) groups is 1. The number of anilines is 1. The Morgan fingerprint density at radius 2 is 1.76 bits per heavy atom. The second-order valence-corrected chi connectivity index (χ2v) is 5.34. The van der Waals surface area contributed by atoms with E-state index in [1.165, 1.54) is 5.56 Å². The zero-order chi connectivity index (χ0) is 14.5. The smallest absolute Gasteiger partial charge is 0.290 e. The van der Waals surface area contributed by atoms with Gasteiger partial charge in [0.2, 0.25) is 6.54 Å². The van der Waals surface area contributed by atoms with Crippen molar-refractivity contribution in [3.05, 3.63) is 59.9 Å². The number of nitrogens with zero attached hydrogens (tertiary/aromatic N) is 1. The van der Waals surface area contributed by atoms with Gasteiger partial charge in [0.15, 0.2) is 12.4 Å². The molecule has 1 aromatic carbocycles. The molecule has 0 saturated heterocycles. The summed E-state index contributed by atoms with van der Waals surface area (Å²) in [5.41, 5.74) is 3.25. The van der Waals surface area contributed by atoms with Crippen molar-refractivity contribution in [2.75, 3.05) is 5.32 Å². The molecular weight excluding hydrogens is 375 g/mol. The van der Waals surface area contributed by atoms with Gasteiger partial charge in [-0.3, -0.25) is 4.79 Å². The van der Waals surface area contributed by atoms with Crippen molar-refractivity contribution in [3.8, 4) is 0 Å². The molecule has 112 valence electrons. The Hall–Kier alpha value is -1.43. The van der Waals surface area contributed by atoms with Crippen LogP contribution >= 0.6 is 0 Å². The van der Waals surface area contributed by atoms with Crippen LogP contribution in [0.15, 0.2) is 48.8 Å². The molecule has 2 rings (SSSR count). The van der Waals surface area contributed by atoms with Crippen molar-refractivity contribution in [1.82, 2.24) is 0 Å². The van der Waals surface area contributed by atoms with Crippen LogP contribution < -0.4 is 33.9 Å². The zero-order valence-corrected chi connectivity index (χ0v) is 14.8. The lowest BCUT2D eigenvalue weighted by Crippen LogP contribution is -3.00. The van der Waals surface area contributed by atoms with E-state index in [0.717, 1.165) is 11.3 Å². The lowest BCUT2D eigenvalue weighted by molar-refractivity contribution is -0.684. The highest BCUT2D eigenvalue weighted by molar-refractivity contribution is 5.90. The summed E-state index contributed by atoms with van der Waals surface area (Å²) in [4.78, 5) is 12.1. The fourth-order valence-electron chi connectivity index (χ4n) is 2.11. The maximum Gasteiger partial charge on any atom is 0.290 e. The van der Waals surface area contributed by atoms with E-state index in [4.69, 9.17) is 0 Å². The first-order chi connectivity index (χ1) is 9.56. The summed E-state index contributed by atoms with van der Waals surface area (Å²) in [6.07, 6.45) is 3.84. The van der Waals surface area contributed by atoms with E-state index in [1.54, 1.807) is 0 Å². The third kappa shape index (κ3) is 5.12. The number of aromatic nitrogens is 1. The van der Waals surface area contributed by atoms with E-state index >= 15 is 0 Å². The molecule has 0 atom stereocenters. The Labute approximate surface area is 143 Å². The van der Waals surface area contributed by atoms with Crippen LogP contribution in [0.1, 0.15) is 30.9 Å². The fraction of sp³-hybridized carbons (Fsp3) is 0.294. The van der Waals surface area contributed by atoms with E-state index in [1.807, 2.05) is 54.2 Å². The first-order valence-corrected chi connectivity index (χ1v) is 6.91. The van der Waals surface area contributed by atoms with E-state index in [2.05, 4.69) is 25.2 Å². The minimum atomic E-state index is -0.00745. The van der Waals surface area contributed by atoms with Gasteiger partial charge in [-0.25, -0.2) is 0 Å². The van der Waals surface area contributed by atoms with Crippen molar-refractivity contribution in [2.45, 2.75) is 33.2 Å². The number of pyridine rings is 1. The average Bonchev–Trinajstić information content (AvgIpc) is 2.41. The second kappa shape index (κ2) is 8.12. The van der Waals surface area contributed by atoms with Gasteiger partial charge >= 0.3 is 0 Å². The van der Waals surface area contributed by atoms with E-state index < -0.39 is 0 Å². The van der Waals surface area contributed by atoms with E-state index in [-0.39, 0.29) is 29.9 Å². The number of aryl methyl sites for hydroxylation is 1. The first-order valence-electron chi connectivity index (χ1n) is 6.91. The van der Waals surface area contributed by atoms with E-state index in [9.17, 15) is 4.79 Å². The number of halogens is 1. The molecule has 1 N–H and O–H groups in total. The average molecular weight is 396 g/mol. The molecule has 0 aliphatic heterocycles. The highest BCUT2D eigenvalue weighted by Gasteiger charge is 2.12. The Kier molecular flexibility index (Phi) is 6.81. The van der Waals surface area contributed by atoms with Crippen molar-refractivity contribution < 1.29 is 33.3 Å². The third-order valence-electron chi connectivity index (χ3n) is 3.24. The molecule has 0 radical (unpaired) electrons. The number of carbonyl (C=O) groups excluding carboxylic acids is 1. The first kappa shape index (κ1) is 17.6. The minimum absolute atomic E-state index is 0. The number of rotatable bonds is 4. The molecule has 1 aromatic heterocycles. The van der Waals surface area contributed by atoms with Crippen molar-refractivity contribution in [3.63, 3.8) is 0 Å². The summed E-state index contributed by atoms with van der Waals surface area (Å²) in [7, 11) is 0. The molecule has 0 fully saturated rings. The molecule has 0 saturated carbocycles. The second-order valence-electron chi connectivity index (χ2n) is 5.34.